The molecule has 0 aliphatic carbocycles. The molecule has 0 bridgehead atoms. The highest BCUT2D eigenvalue weighted by Crippen LogP contribution is 2.29. The monoisotopic (exact) mass is 278 g/mol. The molecule has 0 aliphatic rings. The second-order valence-electron chi connectivity index (χ2n) is 5.58. The van der Waals surface area contributed by atoms with Crippen molar-refractivity contribution in [2.45, 2.75) is 27.7 Å². The summed E-state index contributed by atoms with van der Waals surface area (Å²) in [4.78, 5) is 20.0. The van der Waals surface area contributed by atoms with Crippen molar-refractivity contribution in [3.05, 3.63) is 63.1 Å². The Labute approximate surface area is 123 Å². The van der Waals surface area contributed by atoms with Crippen molar-refractivity contribution in [3.8, 4) is 11.3 Å². The number of hydrogen-bond acceptors (Lipinski definition) is 2. The van der Waals surface area contributed by atoms with Crippen LogP contribution >= 0.6 is 0 Å². The Kier molecular flexibility index (Phi) is 3.13. The SMILES string of the molecule is Cc1cc(=O)c2ccnc(-c3ccc(C)c(C)c3C)c2[nH]1. The van der Waals surface area contributed by atoms with Crippen LogP contribution in [0.5, 0.6) is 0 Å². The predicted molar refractivity (Wildman–Crippen MR) is 86.7 cm³/mol. The first kappa shape index (κ1) is 13.6. The number of hydrogen-bond donors (Lipinski definition) is 1. The summed E-state index contributed by atoms with van der Waals surface area (Å²) >= 11 is 0. The highest BCUT2D eigenvalue weighted by Gasteiger charge is 2.12. The number of nitrogens with zero attached hydrogens (tertiary/aromatic N) is 1. The van der Waals surface area contributed by atoms with Gasteiger partial charge in [-0.1, -0.05) is 12.1 Å². The van der Waals surface area contributed by atoms with Gasteiger partial charge in [0, 0.05) is 28.9 Å². The Bertz CT molecular complexity index is 907. The molecule has 0 aliphatic heterocycles. The van der Waals surface area contributed by atoms with E-state index in [2.05, 4.69) is 42.9 Å². The van der Waals surface area contributed by atoms with Gasteiger partial charge in [-0.2, -0.15) is 0 Å². The number of pyridine rings is 2. The number of nitrogens with one attached hydrogen (secondary N) is 1. The first-order valence-electron chi connectivity index (χ1n) is 7.05. The molecule has 2 heterocycles. The molecule has 0 fully saturated rings. The van der Waals surface area contributed by atoms with Crippen LogP contribution in [0.4, 0.5) is 0 Å². The van der Waals surface area contributed by atoms with E-state index in [0.717, 1.165) is 22.5 Å². The largest absolute Gasteiger partial charge is 0.357 e. The molecule has 0 spiro atoms. The quantitative estimate of drug-likeness (QED) is 0.735. The minimum absolute atomic E-state index is 0.0337. The summed E-state index contributed by atoms with van der Waals surface area (Å²) < 4.78 is 0. The zero-order valence-electron chi connectivity index (χ0n) is 12.7. The van der Waals surface area contributed by atoms with Crippen LogP contribution in [-0.4, -0.2) is 9.97 Å². The van der Waals surface area contributed by atoms with Gasteiger partial charge in [-0.25, -0.2) is 0 Å². The standard InChI is InChI=1S/C18H18N2O/c1-10-5-6-14(13(4)12(10)3)17-18-15(7-8-19-17)16(21)9-11(2)20-18/h5-9H,1-4H3,(H,20,21). The van der Waals surface area contributed by atoms with Crippen molar-refractivity contribution in [1.82, 2.24) is 9.97 Å². The van der Waals surface area contributed by atoms with Gasteiger partial charge in [0.05, 0.1) is 11.2 Å². The minimum Gasteiger partial charge on any atom is -0.357 e. The van der Waals surface area contributed by atoms with E-state index in [0.29, 0.717) is 5.39 Å². The molecular formula is C18H18N2O. The van der Waals surface area contributed by atoms with Crippen LogP contribution in [0.3, 0.4) is 0 Å². The average Bonchev–Trinajstić information content (AvgIpc) is 2.45. The van der Waals surface area contributed by atoms with E-state index in [1.54, 1.807) is 18.3 Å². The maximum Gasteiger partial charge on any atom is 0.189 e. The molecule has 21 heavy (non-hydrogen) atoms. The van der Waals surface area contributed by atoms with E-state index in [1.807, 2.05) is 6.92 Å². The van der Waals surface area contributed by atoms with Gasteiger partial charge in [-0.05, 0) is 50.5 Å². The molecule has 0 unspecified atom stereocenters. The summed E-state index contributed by atoms with van der Waals surface area (Å²) in [6.45, 7) is 8.22. The van der Waals surface area contributed by atoms with Crippen molar-refractivity contribution < 1.29 is 0 Å². The summed E-state index contributed by atoms with van der Waals surface area (Å²) in [6.07, 6.45) is 1.71. The molecule has 3 nitrogen and oxygen atoms in total. The van der Waals surface area contributed by atoms with Crippen LogP contribution in [0.25, 0.3) is 22.2 Å². The van der Waals surface area contributed by atoms with Crippen molar-refractivity contribution in [3.63, 3.8) is 0 Å². The number of aromatic nitrogens is 2. The first-order chi connectivity index (χ1) is 9.99. The van der Waals surface area contributed by atoms with Crippen LogP contribution in [0, 0.1) is 27.7 Å². The summed E-state index contributed by atoms with van der Waals surface area (Å²) in [5, 5.41) is 0.684. The summed E-state index contributed by atoms with van der Waals surface area (Å²) in [5.74, 6) is 0. The Hall–Kier alpha value is -2.42. The van der Waals surface area contributed by atoms with Crippen molar-refractivity contribution >= 4 is 10.9 Å². The lowest BCUT2D eigenvalue weighted by Gasteiger charge is -2.13. The lowest BCUT2D eigenvalue weighted by molar-refractivity contribution is 1.21. The zero-order valence-corrected chi connectivity index (χ0v) is 12.7. The molecule has 1 N–H and O–H groups in total. The summed E-state index contributed by atoms with van der Waals surface area (Å²) in [6, 6.07) is 7.58. The molecule has 3 heteroatoms. The molecular weight excluding hydrogens is 260 g/mol. The molecule has 0 radical (unpaired) electrons. The van der Waals surface area contributed by atoms with E-state index in [9.17, 15) is 4.79 Å². The normalized spacial score (nSPS) is 11.0. The molecule has 3 aromatic rings. The van der Waals surface area contributed by atoms with Gasteiger partial charge in [0.25, 0.3) is 0 Å². The fourth-order valence-corrected chi connectivity index (χ4v) is 2.72. The zero-order chi connectivity index (χ0) is 15.1. The van der Waals surface area contributed by atoms with E-state index < -0.39 is 0 Å². The van der Waals surface area contributed by atoms with Crippen LogP contribution in [-0.2, 0) is 0 Å². The van der Waals surface area contributed by atoms with Crippen molar-refractivity contribution in [1.29, 1.82) is 0 Å². The van der Waals surface area contributed by atoms with Gasteiger partial charge >= 0.3 is 0 Å². The molecule has 3 rings (SSSR count). The third-order valence-electron chi connectivity index (χ3n) is 4.20. The lowest BCUT2D eigenvalue weighted by atomic mass is 9.95. The van der Waals surface area contributed by atoms with Gasteiger partial charge in [0.2, 0.25) is 0 Å². The number of aryl methyl sites for hydroxylation is 2. The Morgan fingerprint density at radius 1 is 1.00 bits per heavy atom. The maximum atomic E-state index is 12.1. The number of benzene rings is 1. The summed E-state index contributed by atoms with van der Waals surface area (Å²) in [7, 11) is 0. The molecule has 0 atom stereocenters. The Morgan fingerprint density at radius 3 is 2.52 bits per heavy atom. The van der Waals surface area contributed by atoms with E-state index in [1.165, 1.54) is 16.7 Å². The van der Waals surface area contributed by atoms with Gasteiger partial charge in [-0.15, -0.1) is 0 Å². The van der Waals surface area contributed by atoms with E-state index in [-0.39, 0.29) is 5.43 Å². The molecule has 2 aromatic heterocycles. The van der Waals surface area contributed by atoms with Gasteiger partial charge in [0.1, 0.15) is 0 Å². The predicted octanol–water partition coefficient (Wildman–Crippen LogP) is 3.82. The molecule has 0 saturated heterocycles. The average molecular weight is 278 g/mol. The molecule has 1 aromatic carbocycles. The van der Waals surface area contributed by atoms with Gasteiger partial charge in [0.15, 0.2) is 5.43 Å². The summed E-state index contributed by atoms with van der Waals surface area (Å²) in [5.41, 5.74) is 7.35. The third kappa shape index (κ3) is 2.15. The Morgan fingerprint density at radius 2 is 1.76 bits per heavy atom. The molecule has 0 saturated carbocycles. The molecule has 0 amide bonds. The van der Waals surface area contributed by atoms with Crippen molar-refractivity contribution in [2.75, 3.05) is 0 Å². The highest BCUT2D eigenvalue weighted by molar-refractivity contribution is 5.92. The third-order valence-corrected chi connectivity index (χ3v) is 4.20. The second-order valence-corrected chi connectivity index (χ2v) is 5.58. The first-order valence-corrected chi connectivity index (χ1v) is 7.05. The number of rotatable bonds is 1. The van der Waals surface area contributed by atoms with Gasteiger partial charge < -0.3 is 4.98 Å². The van der Waals surface area contributed by atoms with E-state index in [4.69, 9.17) is 0 Å². The Balaban J connectivity index is 2.41. The number of aromatic amines is 1. The van der Waals surface area contributed by atoms with Gasteiger partial charge in [-0.3, -0.25) is 9.78 Å². The van der Waals surface area contributed by atoms with Crippen LogP contribution in [0.15, 0.2) is 35.3 Å². The second kappa shape index (κ2) is 4.85. The smallest absolute Gasteiger partial charge is 0.189 e. The van der Waals surface area contributed by atoms with Crippen LogP contribution in [0.1, 0.15) is 22.4 Å². The topological polar surface area (TPSA) is 45.8 Å². The van der Waals surface area contributed by atoms with Crippen molar-refractivity contribution in [2.24, 2.45) is 0 Å². The van der Waals surface area contributed by atoms with E-state index >= 15 is 0 Å². The molecule has 106 valence electrons. The number of H-pyrrole nitrogens is 1. The fourth-order valence-electron chi connectivity index (χ4n) is 2.72. The minimum atomic E-state index is 0.0337. The fraction of sp³-hybridized carbons (Fsp3) is 0.222. The van der Waals surface area contributed by atoms with Crippen LogP contribution in [0.2, 0.25) is 0 Å². The van der Waals surface area contributed by atoms with Crippen LogP contribution < -0.4 is 5.43 Å². The number of fused-ring (bicyclic) bond motifs is 1. The highest BCUT2D eigenvalue weighted by atomic mass is 16.1. The lowest BCUT2D eigenvalue weighted by Crippen LogP contribution is -2.05. The maximum absolute atomic E-state index is 12.1.